The van der Waals surface area contributed by atoms with Gasteiger partial charge in [0.05, 0.1) is 5.56 Å². The molecule has 0 bridgehead atoms. The summed E-state index contributed by atoms with van der Waals surface area (Å²) in [6.07, 6.45) is -0.341. The molecule has 0 aromatic heterocycles. The Balaban J connectivity index is 2.39. The van der Waals surface area contributed by atoms with Gasteiger partial charge in [-0.25, -0.2) is 0 Å². The molecule has 4 N–H and O–H groups in total. The van der Waals surface area contributed by atoms with E-state index in [2.05, 4.69) is 0 Å². The molecule has 4 heteroatoms. The van der Waals surface area contributed by atoms with Gasteiger partial charge in [0.25, 0.3) is 5.91 Å². The number of primary amides is 1. The Morgan fingerprint density at radius 3 is 2.33 bits per heavy atom. The van der Waals surface area contributed by atoms with Crippen LogP contribution >= 0.6 is 0 Å². The van der Waals surface area contributed by atoms with Gasteiger partial charge in [0.2, 0.25) is 0 Å². The molecule has 1 amide bonds. The van der Waals surface area contributed by atoms with Crippen LogP contribution < -0.4 is 16.2 Å². The molecule has 0 saturated carbocycles. The van der Waals surface area contributed by atoms with E-state index in [-0.39, 0.29) is 12.1 Å². The minimum atomic E-state index is -0.515. The Morgan fingerprint density at radius 1 is 1.10 bits per heavy atom. The molecule has 21 heavy (non-hydrogen) atoms. The minimum Gasteiger partial charge on any atom is -0.483 e. The average molecular weight is 284 g/mol. The molecule has 2 rings (SSSR count). The Kier molecular flexibility index (Phi) is 4.60. The van der Waals surface area contributed by atoms with Crippen molar-refractivity contribution in [2.24, 2.45) is 11.5 Å². The summed E-state index contributed by atoms with van der Waals surface area (Å²) < 4.78 is 6.01. The molecule has 2 atom stereocenters. The third-order valence-corrected chi connectivity index (χ3v) is 3.38. The second-order valence-electron chi connectivity index (χ2n) is 5.11. The molecule has 0 radical (unpaired) electrons. The van der Waals surface area contributed by atoms with Crippen molar-refractivity contribution in [2.75, 3.05) is 0 Å². The number of ether oxygens (including phenoxy) is 1. The minimum absolute atomic E-state index is 0.230. The monoisotopic (exact) mass is 284 g/mol. The van der Waals surface area contributed by atoms with E-state index in [1.54, 1.807) is 24.3 Å². The SMILES string of the molecule is Cc1ccccc1C(Oc1ccccc1C(N)=O)C(C)N. The van der Waals surface area contributed by atoms with Gasteiger partial charge in [-0.15, -0.1) is 0 Å². The number of carbonyl (C=O) groups excluding carboxylic acids is 1. The summed E-state index contributed by atoms with van der Waals surface area (Å²) in [5, 5.41) is 0. The maximum Gasteiger partial charge on any atom is 0.252 e. The van der Waals surface area contributed by atoms with Crippen LogP contribution in [0.15, 0.2) is 48.5 Å². The molecule has 0 fully saturated rings. The Labute approximate surface area is 124 Å². The topological polar surface area (TPSA) is 78.3 Å². The highest BCUT2D eigenvalue weighted by atomic mass is 16.5. The van der Waals surface area contributed by atoms with Gasteiger partial charge in [0.1, 0.15) is 11.9 Å². The normalized spacial score (nSPS) is 13.5. The molecule has 110 valence electrons. The highest BCUT2D eigenvalue weighted by Crippen LogP contribution is 2.28. The molecule has 0 aliphatic heterocycles. The van der Waals surface area contributed by atoms with Crippen LogP contribution in [0.3, 0.4) is 0 Å². The molecular formula is C17H20N2O2. The van der Waals surface area contributed by atoms with Gasteiger partial charge in [-0.05, 0) is 37.1 Å². The zero-order valence-corrected chi connectivity index (χ0v) is 12.2. The maximum absolute atomic E-state index is 11.5. The van der Waals surface area contributed by atoms with Crippen molar-refractivity contribution in [3.8, 4) is 5.75 Å². The lowest BCUT2D eigenvalue weighted by molar-refractivity contribution is 0.0990. The second-order valence-corrected chi connectivity index (χ2v) is 5.11. The fourth-order valence-electron chi connectivity index (χ4n) is 2.27. The van der Waals surface area contributed by atoms with E-state index in [1.807, 2.05) is 38.1 Å². The van der Waals surface area contributed by atoms with Crippen molar-refractivity contribution in [1.29, 1.82) is 0 Å². The quantitative estimate of drug-likeness (QED) is 0.885. The smallest absolute Gasteiger partial charge is 0.252 e. The summed E-state index contributed by atoms with van der Waals surface area (Å²) in [5.41, 5.74) is 13.9. The molecule has 0 aliphatic rings. The van der Waals surface area contributed by atoms with Gasteiger partial charge in [-0.2, -0.15) is 0 Å². The standard InChI is InChI=1S/C17H20N2O2/c1-11-7-3-4-8-13(11)16(12(2)18)21-15-10-6-5-9-14(15)17(19)20/h3-10,12,16H,18H2,1-2H3,(H2,19,20). The van der Waals surface area contributed by atoms with Gasteiger partial charge in [0, 0.05) is 6.04 Å². The van der Waals surface area contributed by atoms with E-state index in [9.17, 15) is 4.79 Å². The zero-order valence-electron chi connectivity index (χ0n) is 12.2. The number of benzene rings is 2. The number of aryl methyl sites for hydroxylation is 1. The Hall–Kier alpha value is -2.33. The van der Waals surface area contributed by atoms with E-state index in [0.29, 0.717) is 11.3 Å². The number of hydrogen-bond acceptors (Lipinski definition) is 3. The number of hydrogen-bond donors (Lipinski definition) is 2. The van der Waals surface area contributed by atoms with Gasteiger partial charge in [-0.1, -0.05) is 36.4 Å². The number of amides is 1. The number of rotatable bonds is 5. The van der Waals surface area contributed by atoms with Gasteiger partial charge < -0.3 is 16.2 Å². The second kappa shape index (κ2) is 6.41. The molecule has 0 heterocycles. The molecule has 0 saturated heterocycles. The first kappa shape index (κ1) is 15.1. The summed E-state index contributed by atoms with van der Waals surface area (Å²) in [5.74, 6) is -0.0608. The maximum atomic E-state index is 11.5. The van der Waals surface area contributed by atoms with E-state index >= 15 is 0 Å². The third-order valence-electron chi connectivity index (χ3n) is 3.38. The van der Waals surface area contributed by atoms with Crippen molar-refractivity contribution in [2.45, 2.75) is 26.0 Å². The van der Waals surface area contributed by atoms with Gasteiger partial charge in [0.15, 0.2) is 0 Å². The molecule has 0 spiro atoms. The van der Waals surface area contributed by atoms with Crippen molar-refractivity contribution in [3.05, 3.63) is 65.2 Å². The lowest BCUT2D eigenvalue weighted by atomic mass is 9.99. The van der Waals surface area contributed by atoms with Crippen LogP contribution in [-0.2, 0) is 0 Å². The molecular weight excluding hydrogens is 264 g/mol. The van der Waals surface area contributed by atoms with Crippen LogP contribution in [0.2, 0.25) is 0 Å². The number of carbonyl (C=O) groups is 1. The predicted octanol–water partition coefficient (Wildman–Crippen LogP) is 2.56. The first-order valence-corrected chi connectivity index (χ1v) is 6.87. The van der Waals surface area contributed by atoms with E-state index in [1.165, 1.54) is 0 Å². The van der Waals surface area contributed by atoms with Gasteiger partial charge >= 0.3 is 0 Å². The Morgan fingerprint density at radius 2 is 1.71 bits per heavy atom. The summed E-state index contributed by atoms with van der Waals surface area (Å²) in [4.78, 5) is 11.5. The molecule has 0 aliphatic carbocycles. The van der Waals surface area contributed by atoms with Crippen molar-refractivity contribution in [3.63, 3.8) is 0 Å². The van der Waals surface area contributed by atoms with Crippen LogP contribution in [0.25, 0.3) is 0 Å². The fourth-order valence-corrected chi connectivity index (χ4v) is 2.27. The molecule has 4 nitrogen and oxygen atoms in total. The Bertz CT molecular complexity index is 638. The van der Waals surface area contributed by atoms with E-state index in [0.717, 1.165) is 11.1 Å². The predicted molar refractivity (Wildman–Crippen MR) is 83.2 cm³/mol. The van der Waals surface area contributed by atoms with E-state index < -0.39 is 5.91 Å². The number of nitrogens with two attached hydrogens (primary N) is 2. The summed E-state index contributed by atoms with van der Waals surface area (Å²) >= 11 is 0. The van der Waals surface area contributed by atoms with Crippen molar-refractivity contribution >= 4 is 5.91 Å². The average Bonchev–Trinajstić information content (AvgIpc) is 2.45. The largest absolute Gasteiger partial charge is 0.483 e. The fraction of sp³-hybridized carbons (Fsp3) is 0.235. The lowest BCUT2D eigenvalue weighted by Crippen LogP contribution is -2.30. The van der Waals surface area contributed by atoms with E-state index in [4.69, 9.17) is 16.2 Å². The van der Waals surface area contributed by atoms with Crippen LogP contribution in [0.5, 0.6) is 5.75 Å². The molecule has 2 unspecified atom stereocenters. The molecule has 2 aromatic rings. The highest BCUT2D eigenvalue weighted by Gasteiger charge is 2.21. The lowest BCUT2D eigenvalue weighted by Gasteiger charge is -2.25. The highest BCUT2D eigenvalue weighted by molar-refractivity contribution is 5.95. The van der Waals surface area contributed by atoms with Crippen LogP contribution in [0.1, 0.15) is 34.5 Å². The van der Waals surface area contributed by atoms with Gasteiger partial charge in [-0.3, -0.25) is 4.79 Å². The molecule has 2 aromatic carbocycles. The summed E-state index contributed by atoms with van der Waals surface area (Å²) in [6.45, 7) is 3.89. The van der Waals surface area contributed by atoms with Crippen LogP contribution in [-0.4, -0.2) is 11.9 Å². The van der Waals surface area contributed by atoms with Crippen LogP contribution in [0, 0.1) is 6.92 Å². The first-order chi connectivity index (χ1) is 10.0. The summed E-state index contributed by atoms with van der Waals surface area (Å²) in [7, 11) is 0. The zero-order chi connectivity index (χ0) is 15.4. The van der Waals surface area contributed by atoms with Crippen molar-refractivity contribution in [1.82, 2.24) is 0 Å². The first-order valence-electron chi connectivity index (χ1n) is 6.87. The third kappa shape index (κ3) is 3.41. The summed E-state index contributed by atoms with van der Waals surface area (Å²) in [6, 6.07) is 14.6. The number of para-hydroxylation sites is 1. The van der Waals surface area contributed by atoms with Crippen molar-refractivity contribution < 1.29 is 9.53 Å². The van der Waals surface area contributed by atoms with Crippen LogP contribution in [0.4, 0.5) is 0 Å².